The van der Waals surface area contributed by atoms with Crippen LogP contribution in [0.5, 0.6) is 0 Å². The normalized spacial score (nSPS) is 25.9. The van der Waals surface area contributed by atoms with Gasteiger partial charge in [-0.3, -0.25) is 19.2 Å². The van der Waals surface area contributed by atoms with E-state index in [9.17, 15) is 9.59 Å². The maximum atomic E-state index is 13.9. The van der Waals surface area contributed by atoms with E-state index in [-0.39, 0.29) is 24.1 Å². The molecule has 4 bridgehead atoms. The molecule has 2 N–H and O–H groups in total. The van der Waals surface area contributed by atoms with Crippen LogP contribution in [-0.4, -0.2) is 93.6 Å². The van der Waals surface area contributed by atoms with Crippen molar-refractivity contribution in [2.75, 3.05) is 57.0 Å². The lowest BCUT2D eigenvalue weighted by molar-refractivity contribution is -0.0676. The molecule has 1 amide bonds. The molecule has 10 nitrogen and oxygen atoms in total. The van der Waals surface area contributed by atoms with Gasteiger partial charge in [-0.2, -0.15) is 5.10 Å². The highest BCUT2D eigenvalue weighted by molar-refractivity contribution is 7.98. The first kappa shape index (κ1) is 36.0. The van der Waals surface area contributed by atoms with Crippen LogP contribution in [-0.2, 0) is 6.54 Å². The maximum Gasteiger partial charge on any atom is 0.254 e. The van der Waals surface area contributed by atoms with Crippen LogP contribution in [0.3, 0.4) is 0 Å². The zero-order valence-electron chi connectivity index (χ0n) is 32.4. The van der Waals surface area contributed by atoms with E-state index in [1.165, 1.54) is 76.3 Å². The third-order valence-corrected chi connectivity index (χ3v) is 14.4. The second kappa shape index (κ2) is 14.4. The van der Waals surface area contributed by atoms with Gasteiger partial charge in [0.2, 0.25) is 0 Å². The van der Waals surface area contributed by atoms with Crippen molar-refractivity contribution >= 4 is 34.4 Å². The maximum absolute atomic E-state index is 13.9. The summed E-state index contributed by atoms with van der Waals surface area (Å²) in [5.41, 5.74) is 5.29. The molecule has 4 aliphatic carbocycles. The minimum absolute atomic E-state index is 0.123. The van der Waals surface area contributed by atoms with Gasteiger partial charge in [-0.25, -0.2) is 4.98 Å². The van der Waals surface area contributed by atoms with Crippen molar-refractivity contribution in [3.05, 3.63) is 69.9 Å². The molecule has 10 rings (SSSR count). The number of hydrogen-bond acceptors (Lipinski definition) is 8. The molecule has 4 saturated carbocycles. The molecule has 4 aromatic rings. The molecule has 2 aliphatic heterocycles. The van der Waals surface area contributed by atoms with Crippen LogP contribution < -0.4 is 15.8 Å². The Labute approximate surface area is 323 Å². The Kier molecular flexibility index (Phi) is 9.63. The number of carbonyl (C=O) groups is 1. The van der Waals surface area contributed by atoms with Crippen molar-refractivity contribution in [2.24, 2.45) is 23.2 Å². The molecule has 0 atom stereocenters. The summed E-state index contributed by atoms with van der Waals surface area (Å²) >= 11 is 1.51. The number of piperazine rings is 1. The first-order valence-electron chi connectivity index (χ1n) is 20.4. The van der Waals surface area contributed by atoms with Gasteiger partial charge in [-0.05, 0) is 143 Å². The van der Waals surface area contributed by atoms with Gasteiger partial charge < -0.3 is 20.1 Å². The van der Waals surface area contributed by atoms with E-state index in [4.69, 9.17) is 4.98 Å². The Balaban J connectivity index is 0.854. The van der Waals surface area contributed by atoms with Crippen molar-refractivity contribution in [3.8, 4) is 11.1 Å². The van der Waals surface area contributed by atoms with Crippen molar-refractivity contribution in [1.82, 2.24) is 34.9 Å². The average molecular weight is 749 g/mol. The minimum atomic E-state index is -0.232. The summed E-state index contributed by atoms with van der Waals surface area (Å²) in [4.78, 5) is 43.1. The number of thioether (sulfide) groups is 1. The monoisotopic (exact) mass is 748 g/mol. The quantitative estimate of drug-likeness (QED) is 0.163. The van der Waals surface area contributed by atoms with Crippen LogP contribution in [0.2, 0.25) is 0 Å². The second-order valence-electron chi connectivity index (χ2n) is 17.7. The van der Waals surface area contributed by atoms with Gasteiger partial charge in [0, 0.05) is 85.6 Å². The Morgan fingerprint density at radius 1 is 1.00 bits per heavy atom. The lowest BCUT2D eigenvalue weighted by atomic mass is 9.49. The van der Waals surface area contributed by atoms with Crippen molar-refractivity contribution in [2.45, 2.75) is 89.2 Å². The van der Waals surface area contributed by atoms with Crippen LogP contribution in [0, 0.1) is 30.1 Å². The number of carbonyl (C=O) groups excluding carboxylic acids is 1. The van der Waals surface area contributed by atoms with Crippen molar-refractivity contribution in [1.29, 1.82) is 0 Å². The number of amides is 1. The fourth-order valence-corrected chi connectivity index (χ4v) is 12.0. The highest BCUT2D eigenvalue weighted by Gasteiger charge is 2.50. The fraction of sp³-hybridized carbons (Fsp3) is 0.581. The molecule has 2 saturated heterocycles. The first-order valence-corrected chi connectivity index (χ1v) is 21.6. The van der Waals surface area contributed by atoms with Crippen molar-refractivity contribution < 1.29 is 4.79 Å². The summed E-state index contributed by atoms with van der Waals surface area (Å²) in [5, 5.41) is 8.50. The number of aromatic nitrogens is 4. The largest absolute Gasteiger partial charge is 0.354 e. The SMILES string of the molecule is CSc1cc(C)[nH]c(=O)c1CNC(=O)c1cc(-c2ccnc(N3CCN(C4CN(CCC56CC7CC(CC(C7)C5)C6)C4)CC3)c2)cc2c1cnn2C(C)C. The average Bonchev–Trinajstić information content (AvgIpc) is 3.57. The zero-order valence-corrected chi connectivity index (χ0v) is 33.3. The van der Waals surface area contributed by atoms with Crippen LogP contribution in [0.1, 0.15) is 86.5 Å². The molecule has 0 unspecified atom stereocenters. The molecular weight excluding hydrogens is 693 g/mol. The Morgan fingerprint density at radius 3 is 2.41 bits per heavy atom. The predicted molar refractivity (Wildman–Crippen MR) is 217 cm³/mol. The summed E-state index contributed by atoms with van der Waals surface area (Å²) in [7, 11) is 0. The van der Waals surface area contributed by atoms with E-state index in [0.717, 1.165) is 82.4 Å². The lowest BCUT2D eigenvalue weighted by Crippen LogP contribution is -2.63. The summed E-state index contributed by atoms with van der Waals surface area (Å²) in [6, 6.07) is 11.0. The van der Waals surface area contributed by atoms with Gasteiger partial charge in [0.05, 0.1) is 17.3 Å². The number of aromatic amines is 1. The number of pyridine rings is 2. The Hall–Kier alpha value is -3.67. The van der Waals surface area contributed by atoms with Crippen LogP contribution in [0.4, 0.5) is 5.82 Å². The van der Waals surface area contributed by atoms with E-state index in [1.807, 2.05) is 42.3 Å². The lowest BCUT2D eigenvalue weighted by Gasteiger charge is -2.58. The first-order chi connectivity index (χ1) is 26.1. The number of aryl methyl sites for hydroxylation is 1. The molecule has 54 heavy (non-hydrogen) atoms. The molecule has 3 aromatic heterocycles. The van der Waals surface area contributed by atoms with E-state index in [2.05, 4.69) is 56.1 Å². The van der Waals surface area contributed by atoms with Gasteiger partial charge >= 0.3 is 0 Å². The van der Waals surface area contributed by atoms with Gasteiger partial charge in [-0.1, -0.05) is 0 Å². The van der Waals surface area contributed by atoms with Crippen LogP contribution in [0.25, 0.3) is 22.0 Å². The Bertz CT molecular complexity index is 2060. The van der Waals surface area contributed by atoms with E-state index >= 15 is 0 Å². The Morgan fingerprint density at radius 2 is 1.72 bits per heavy atom. The zero-order chi connectivity index (χ0) is 37.1. The smallest absolute Gasteiger partial charge is 0.254 e. The van der Waals surface area contributed by atoms with Gasteiger partial charge in [-0.15, -0.1) is 11.8 Å². The molecule has 0 spiro atoms. The highest BCUT2D eigenvalue weighted by atomic mass is 32.2. The molecule has 286 valence electrons. The minimum Gasteiger partial charge on any atom is -0.354 e. The molecule has 5 heterocycles. The number of hydrogen-bond donors (Lipinski definition) is 2. The molecule has 11 heteroatoms. The van der Waals surface area contributed by atoms with Crippen LogP contribution in [0.15, 0.2) is 52.4 Å². The fourth-order valence-electron chi connectivity index (χ4n) is 11.2. The molecular formula is C43H56N8O2S. The van der Waals surface area contributed by atoms with E-state index in [1.54, 1.807) is 6.20 Å². The van der Waals surface area contributed by atoms with E-state index < -0.39 is 0 Å². The molecule has 0 radical (unpaired) electrons. The molecule has 6 aliphatic rings. The number of nitrogens with zero attached hydrogens (tertiary/aromatic N) is 6. The third kappa shape index (κ3) is 6.89. The predicted octanol–water partition coefficient (Wildman–Crippen LogP) is 6.74. The van der Waals surface area contributed by atoms with Gasteiger partial charge in [0.15, 0.2) is 0 Å². The molecule has 1 aromatic carbocycles. The standard InChI is InChI=1S/C43H56N8O2S/c1-27(2)51-38-18-33(17-35(36(38)24-46-51)41(52)45-23-37-39(54-4)13-28(3)47-42(37)53)32-5-7-44-40(19-32)50-11-9-49(10-12-50)34-25-48(26-34)8-6-43-20-29-14-30(21-43)16-31(15-29)22-43/h5,7,13,17-19,24,27,29-31,34H,6,8-12,14-16,20-23,25-26H2,1-4H3,(H,45,52)(H,47,53). The topological polar surface area (TPSA) is 102 Å². The van der Waals surface area contributed by atoms with Gasteiger partial charge in [0.1, 0.15) is 5.82 Å². The third-order valence-electron chi connectivity index (χ3n) is 13.6. The number of H-pyrrole nitrogens is 1. The number of likely N-dealkylation sites (tertiary alicyclic amines) is 1. The van der Waals surface area contributed by atoms with Gasteiger partial charge in [0.25, 0.3) is 11.5 Å². The number of rotatable bonds is 11. The summed E-state index contributed by atoms with van der Waals surface area (Å²) in [6.45, 7) is 14.0. The number of benzene rings is 1. The number of anilines is 1. The summed E-state index contributed by atoms with van der Waals surface area (Å²) in [6.07, 6.45) is 16.2. The number of fused-ring (bicyclic) bond motifs is 1. The highest BCUT2D eigenvalue weighted by Crippen LogP contribution is 2.61. The van der Waals surface area contributed by atoms with E-state index in [0.29, 0.717) is 22.6 Å². The summed E-state index contributed by atoms with van der Waals surface area (Å²) < 4.78 is 1.97. The van der Waals surface area contributed by atoms with Crippen molar-refractivity contribution in [3.63, 3.8) is 0 Å². The summed E-state index contributed by atoms with van der Waals surface area (Å²) in [5.74, 6) is 3.89. The molecule has 6 fully saturated rings. The van der Waals surface area contributed by atoms with Crippen LogP contribution >= 0.6 is 11.8 Å². The number of nitrogens with one attached hydrogen (secondary N) is 2. The second-order valence-corrected chi connectivity index (χ2v) is 18.5.